The molecule has 0 aliphatic rings. The molecule has 0 spiro atoms. The number of benzene rings is 1. The number of carbonyl (C=O) groups excluding carboxylic acids is 1. The zero-order chi connectivity index (χ0) is 22.7. The summed E-state index contributed by atoms with van der Waals surface area (Å²) in [5.74, 6) is -0.940. The number of hydrogen-bond acceptors (Lipinski definition) is 5. The molecule has 1 aromatic carbocycles. The molecular weight excluding hydrogens is 414 g/mol. The minimum atomic E-state index is -0.516. The van der Waals surface area contributed by atoms with Crippen molar-refractivity contribution in [2.24, 2.45) is 0 Å². The Balaban J connectivity index is 1.53. The molecule has 0 aliphatic carbocycles. The lowest BCUT2D eigenvalue weighted by atomic mass is 10.0. The monoisotopic (exact) mass is 434 g/mol. The fourth-order valence-corrected chi connectivity index (χ4v) is 3.24. The highest BCUT2D eigenvalue weighted by atomic mass is 19.1. The molecule has 0 radical (unpaired) electrons. The average molecular weight is 434 g/mol. The van der Waals surface area contributed by atoms with Gasteiger partial charge in [0.1, 0.15) is 17.3 Å². The van der Waals surface area contributed by atoms with Gasteiger partial charge >= 0.3 is 0 Å². The van der Waals surface area contributed by atoms with Gasteiger partial charge in [-0.1, -0.05) is 0 Å². The van der Waals surface area contributed by atoms with Crippen molar-refractivity contribution in [3.63, 3.8) is 0 Å². The van der Waals surface area contributed by atoms with E-state index in [1.54, 1.807) is 48.5 Å². The molecule has 7 nitrogen and oxygen atoms in total. The first kappa shape index (κ1) is 21.2. The summed E-state index contributed by atoms with van der Waals surface area (Å²) >= 11 is 0. The number of carbonyl (C=O) groups is 1. The summed E-state index contributed by atoms with van der Waals surface area (Å²) in [5.41, 5.74) is 1.79. The Morgan fingerprint density at radius 1 is 1.03 bits per heavy atom. The van der Waals surface area contributed by atoms with Gasteiger partial charge in [0.15, 0.2) is 5.82 Å². The van der Waals surface area contributed by atoms with E-state index in [4.69, 9.17) is 0 Å². The van der Waals surface area contributed by atoms with Gasteiger partial charge in [0.25, 0.3) is 5.91 Å². The molecule has 0 bridgehead atoms. The summed E-state index contributed by atoms with van der Waals surface area (Å²) in [7, 11) is 1.65. The molecule has 3 heterocycles. The first-order valence-corrected chi connectivity index (χ1v) is 9.92. The van der Waals surface area contributed by atoms with Crippen LogP contribution in [-0.2, 0) is 6.54 Å². The molecule has 162 valence electrons. The molecule has 1 atom stereocenters. The number of pyridine rings is 1. The highest BCUT2D eigenvalue weighted by Crippen LogP contribution is 2.23. The predicted molar refractivity (Wildman–Crippen MR) is 114 cm³/mol. The zero-order valence-corrected chi connectivity index (χ0v) is 17.5. The molecule has 0 saturated heterocycles. The molecule has 0 aliphatic heterocycles. The van der Waals surface area contributed by atoms with Crippen LogP contribution in [0.4, 0.5) is 8.78 Å². The lowest BCUT2D eigenvalue weighted by molar-refractivity contribution is 0.0728. The van der Waals surface area contributed by atoms with Crippen molar-refractivity contribution in [1.82, 2.24) is 29.6 Å². The normalized spacial score (nSPS) is 11.9. The smallest absolute Gasteiger partial charge is 0.254 e. The third-order valence-corrected chi connectivity index (χ3v) is 5.08. The number of aromatic nitrogens is 5. The van der Waals surface area contributed by atoms with Crippen molar-refractivity contribution in [2.45, 2.75) is 19.5 Å². The van der Waals surface area contributed by atoms with Crippen LogP contribution in [-0.4, -0.2) is 48.6 Å². The first-order chi connectivity index (χ1) is 15.4. The van der Waals surface area contributed by atoms with Crippen LogP contribution in [0.2, 0.25) is 0 Å². The Morgan fingerprint density at radius 3 is 2.50 bits per heavy atom. The largest absolute Gasteiger partial charge is 0.337 e. The quantitative estimate of drug-likeness (QED) is 0.461. The Morgan fingerprint density at radius 2 is 1.78 bits per heavy atom. The molecule has 0 fully saturated rings. The highest BCUT2D eigenvalue weighted by molar-refractivity contribution is 6.00. The van der Waals surface area contributed by atoms with Crippen LogP contribution in [0.25, 0.3) is 22.8 Å². The fraction of sp³-hybridized carbons (Fsp3) is 0.174. The maximum absolute atomic E-state index is 14.0. The van der Waals surface area contributed by atoms with Gasteiger partial charge in [0.2, 0.25) is 0 Å². The SMILES string of the molecule is C[C@@H](Cn1ccc(-c2ccc(F)cn2)n1)N(C)C(=O)c1cc(F)ccc1-c1ncccn1. The summed E-state index contributed by atoms with van der Waals surface area (Å²) < 4.78 is 28.7. The van der Waals surface area contributed by atoms with Crippen molar-refractivity contribution in [3.05, 3.63) is 84.4 Å². The van der Waals surface area contributed by atoms with Crippen molar-refractivity contribution >= 4 is 5.91 Å². The highest BCUT2D eigenvalue weighted by Gasteiger charge is 2.23. The van der Waals surface area contributed by atoms with E-state index in [1.165, 1.54) is 29.2 Å². The van der Waals surface area contributed by atoms with Gasteiger partial charge in [-0.15, -0.1) is 0 Å². The second kappa shape index (κ2) is 9.01. The summed E-state index contributed by atoms with van der Waals surface area (Å²) in [4.78, 5) is 27.1. The van der Waals surface area contributed by atoms with Crippen molar-refractivity contribution in [2.75, 3.05) is 7.05 Å². The van der Waals surface area contributed by atoms with E-state index < -0.39 is 11.6 Å². The lowest BCUT2D eigenvalue weighted by Crippen LogP contribution is -2.38. The minimum Gasteiger partial charge on any atom is -0.337 e. The zero-order valence-electron chi connectivity index (χ0n) is 17.5. The maximum atomic E-state index is 14.0. The second-order valence-electron chi connectivity index (χ2n) is 7.31. The first-order valence-electron chi connectivity index (χ1n) is 9.92. The number of hydrogen-bond donors (Lipinski definition) is 0. The Labute approximate surface area is 183 Å². The number of likely N-dealkylation sites (N-methyl/N-ethyl adjacent to an activating group) is 1. The second-order valence-corrected chi connectivity index (χ2v) is 7.31. The van der Waals surface area contributed by atoms with Crippen LogP contribution in [0.3, 0.4) is 0 Å². The van der Waals surface area contributed by atoms with Gasteiger partial charge in [-0.25, -0.2) is 18.7 Å². The van der Waals surface area contributed by atoms with E-state index in [1.807, 2.05) is 6.92 Å². The number of halogens is 2. The lowest BCUT2D eigenvalue weighted by Gasteiger charge is -2.26. The molecule has 32 heavy (non-hydrogen) atoms. The average Bonchev–Trinajstić information content (AvgIpc) is 3.27. The van der Waals surface area contributed by atoms with Gasteiger partial charge < -0.3 is 4.90 Å². The standard InChI is InChI=1S/C23H20F2N6O/c1-15(14-31-11-8-21(29-31)20-7-5-17(25)13-28-20)30(2)23(32)19-12-16(24)4-6-18(19)22-26-9-3-10-27-22/h3-13,15H,14H2,1-2H3/t15-/m0/s1. The summed E-state index contributed by atoms with van der Waals surface area (Å²) in [6.45, 7) is 2.27. The van der Waals surface area contributed by atoms with Crippen molar-refractivity contribution in [1.29, 1.82) is 0 Å². The third kappa shape index (κ3) is 4.51. The van der Waals surface area contributed by atoms with Gasteiger partial charge in [-0.3, -0.25) is 14.5 Å². The van der Waals surface area contributed by atoms with Crippen LogP contribution >= 0.6 is 0 Å². The molecule has 0 unspecified atom stereocenters. The topological polar surface area (TPSA) is 76.8 Å². The molecule has 4 rings (SSSR count). The van der Waals surface area contributed by atoms with Crippen LogP contribution in [0.5, 0.6) is 0 Å². The Hall–Kier alpha value is -4.01. The van der Waals surface area contributed by atoms with Crippen molar-refractivity contribution in [3.8, 4) is 22.8 Å². The number of nitrogens with zero attached hydrogens (tertiary/aromatic N) is 6. The fourth-order valence-electron chi connectivity index (χ4n) is 3.24. The Bertz CT molecular complexity index is 1230. The number of rotatable bonds is 6. The summed E-state index contributed by atoms with van der Waals surface area (Å²) in [5, 5.41) is 4.46. The summed E-state index contributed by atoms with van der Waals surface area (Å²) in [6, 6.07) is 10.0. The van der Waals surface area contributed by atoms with E-state index in [-0.39, 0.29) is 17.5 Å². The molecule has 9 heteroatoms. The van der Waals surface area contributed by atoms with Crippen LogP contribution in [0.15, 0.2) is 67.3 Å². The molecule has 0 N–H and O–H groups in total. The van der Waals surface area contributed by atoms with Gasteiger partial charge in [0, 0.05) is 37.2 Å². The molecular formula is C23H20F2N6O. The van der Waals surface area contributed by atoms with Crippen LogP contribution < -0.4 is 0 Å². The van der Waals surface area contributed by atoms with E-state index in [2.05, 4.69) is 20.1 Å². The van der Waals surface area contributed by atoms with E-state index in [9.17, 15) is 13.6 Å². The van der Waals surface area contributed by atoms with E-state index >= 15 is 0 Å². The van der Waals surface area contributed by atoms with Crippen LogP contribution in [0, 0.1) is 11.6 Å². The molecule has 3 aromatic heterocycles. The molecule has 4 aromatic rings. The van der Waals surface area contributed by atoms with Gasteiger partial charge in [-0.05, 0) is 49.4 Å². The minimum absolute atomic E-state index is 0.183. The van der Waals surface area contributed by atoms with E-state index in [0.717, 1.165) is 6.20 Å². The van der Waals surface area contributed by atoms with Gasteiger partial charge in [0.05, 0.1) is 24.0 Å². The van der Waals surface area contributed by atoms with Crippen molar-refractivity contribution < 1.29 is 13.6 Å². The Kier molecular flexibility index (Phi) is 5.98. The molecule has 1 amide bonds. The number of amides is 1. The molecule has 0 saturated carbocycles. The maximum Gasteiger partial charge on any atom is 0.254 e. The van der Waals surface area contributed by atoms with Gasteiger partial charge in [-0.2, -0.15) is 5.10 Å². The van der Waals surface area contributed by atoms with E-state index in [0.29, 0.717) is 29.3 Å². The van der Waals surface area contributed by atoms with Crippen LogP contribution in [0.1, 0.15) is 17.3 Å². The third-order valence-electron chi connectivity index (χ3n) is 5.08. The predicted octanol–water partition coefficient (Wildman–Crippen LogP) is 3.84. The summed E-state index contributed by atoms with van der Waals surface area (Å²) in [6.07, 6.45) is 6.03.